The number of ether oxygens (including phenoxy) is 1. The normalized spacial score (nSPS) is 10.7. The molecule has 0 radical (unpaired) electrons. The molecule has 1 aromatic rings. The molecule has 3 N–H and O–H groups in total. The van der Waals surface area contributed by atoms with E-state index in [0.717, 1.165) is 12.3 Å². The lowest BCUT2D eigenvalue weighted by molar-refractivity contribution is -0.386. The van der Waals surface area contributed by atoms with Gasteiger partial charge in [-0.15, -0.1) is 0 Å². The highest BCUT2D eigenvalue weighted by molar-refractivity contribution is 5.43. The monoisotopic (exact) mass is 194 g/mol. The lowest BCUT2D eigenvalue weighted by Crippen LogP contribution is -2.47. The second-order valence-electron chi connectivity index (χ2n) is 3.93. The molecule has 0 aliphatic heterocycles. The lowest BCUT2D eigenvalue weighted by Gasteiger charge is -2.14. The maximum Gasteiger partial charge on any atom is 0.122 e. The standard InChI is InChI=1S/C12H19NO/c1-8(2)11-6-10(7-13)9(3)5-12(11)14-4/h5-6,8H,7,13H2,1-4H3/p+1. The van der Waals surface area contributed by atoms with Gasteiger partial charge in [-0.1, -0.05) is 13.8 Å². The van der Waals surface area contributed by atoms with Crippen molar-refractivity contribution < 1.29 is 10.5 Å². The van der Waals surface area contributed by atoms with Crippen LogP contribution in [-0.4, -0.2) is 7.11 Å². The molecule has 14 heavy (non-hydrogen) atoms. The Bertz CT molecular complexity index is 318. The van der Waals surface area contributed by atoms with Crippen LogP contribution in [-0.2, 0) is 6.54 Å². The van der Waals surface area contributed by atoms with Gasteiger partial charge in [0.2, 0.25) is 0 Å². The first-order chi connectivity index (χ1) is 6.60. The first kappa shape index (κ1) is 11.1. The molecule has 1 rings (SSSR count). The van der Waals surface area contributed by atoms with E-state index in [1.54, 1.807) is 7.11 Å². The highest BCUT2D eigenvalue weighted by Gasteiger charge is 2.10. The molecule has 0 fully saturated rings. The van der Waals surface area contributed by atoms with Crippen molar-refractivity contribution in [1.82, 2.24) is 0 Å². The molecule has 0 aliphatic carbocycles. The van der Waals surface area contributed by atoms with Gasteiger partial charge >= 0.3 is 0 Å². The van der Waals surface area contributed by atoms with Gasteiger partial charge in [-0.3, -0.25) is 0 Å². The van der Waals surface area contributed by atoms with Crippen molar-refractivity contribution in [2.24, 2.45) is 0 Å². The van der Waals surface area contributed by atoms with Crippen LogP contribution >= 0.6 is 0 Å². The number of hydrogen-bond acceptors (Lipinski definition) is 1. The Balaban J connectivity index is 3.25. The Hall–Kier alpha value is -1.02. The van der Waals surface area contributed by atoms with Crippen LogP contribution in [0.2, 0.25) is 0 Å². The third kappa shape index (κ3) is 2.07. The summed E-state index contributed by atoms with van der Waals surface area (Å²) in [4.78, 5) is 0. The van der Waals surface area contributed by atoms with Gasteiger partial charge in [0, 0.05) is 5.56 Å². The summed E-state index contributed by atoms with van der Waals surface area (Å²) in [7, 11) is 1.73. The van der Waals surface area contributed by atoms with Gasteiger partial charge in [0.05, 0.1) is 13.7 Å². The van der Waals surface area contributed by atoms with E-state index < -0.39 is 0 Å². The zero-order valence-corrected chi connectivity index (χ0v) is 9.55. The van der Waals surface area contributed by atoms with Crippen molar-refractivity contribution in [3.8, 4) is 5.75 Å². The van der Waals surface area contributed by atoms with Gasteiger partial charge in [-0.05, 0) is 36.1 Å². The van der Waals surface area contributed by atoms with Gasteiger partial charge in [0.15, 0.2) is 0 Å². The molecule has 2 heteroatoms. The van der Waals surface area contributed by atoms with Crippen molar-refractivity contribution in [1.29, 1.82) is 0 Å². The molecule has 0 heterocycles. The van der Waals surface area contributed by atoms with Crippen molar-refractivity contribution in [2.75, 3.05) is 7.11 Å². The van der Waals surface area contributed by atoms with Gasteiger partial charge in [0.1, 0.15) is 5.75 Å². The van der Waals surface area contributed by atoms with E-state index in [-0.39, 0.29) is 0 Å². The van der Waals surface area contributed by atoms with Crippen molar-refractivity contribution in [3.63, 3.8) is 0 Å². The Morgan fingerprint density at radius 1 is 1.36 bits per heavy atom. The summed E-state index contributed by atoms with van der Waals surface area (Å²) in [6, 6.07) is 4.32. The zero-order chi connectivity index (χ0) is 10.7. The van der Waals surface area contributed by atoms with E-state index >= 15 is 0 Å². The van der Waals surface area contributed by atoms with E-state index in [9.17, 15) is 0 Å². The summed E-state index contributed by atoms with van der Waals surface area (Å²) in [5.74, 6) is 1.49. The average molecular weight is 194 g/mol. The topological polar surface area (TPSA) is 36.9 Å². The highest BCUT2D eigenvalue weighted by atomic mass is 16.5. The molecule has 0 aliphatic rings. The second kappa shape index (κ2) is 4.47. The quantitative estimate of drug-likeness (QED) is 0.783. The van der Waals surface area contributed by atoms with E-state index in [1.807, 2.05) is 0 Å². The van der Waals surface area contributed by atoms with Crippen molar-refractivity contribution in [3.05, 3.63) is 28.8 Å². The van der Waals surface area contributed by atoms with Crippen molar-refractivity contribution in [2.45, 2.75) is 33.2 Å². The summed E-state index contributed by atoms with van der Waals surface area (Å²) >= 11 is 0. The van der Waals surface area contributed by atoms with Crippen LogP contribution in [0, 0.1) is 6.92 Å². The van der Waals surface area contributed by atoms with Crippen LogP contribution < -0.4 is 10.5 Å². The first-order valence-corrected chi connectivity index (χ1v) is 5.06. The zero-order valence-electron chi connectivity index (χ0n) is 9.55. The summed E-state index contributed by atoms with van der Waals surface area (Å²) < 4.78 is 5.37. The van der Waals surface area contributed by atoms with Crippen molar-refractivity contribution >= 4 is 0 Å². The molecule has 0 unspecified atom stereocenters. The van der Waals surface area contributed by atoms with Crippen LogP contribution in [0.15, 0.2) is 12.1 Å². The minimum absolute atomic E-state index is 0.496. The van der Waals surface area contributed by atoms with Gasteiger partial charge in [0.25, 0.3) is 0 Å². The summed E-state index contributed by atoms with van der Waals surface area (Å²) in [5.41, 5.74) is 7.79. The van der Waals surface area contributed by atoms with Crippen LogP contribution in [0.4, 0.5) is 0 Å². The third-order valence-electron chi connectivity index (χ3n) is 2.58. The average Bonchev–Trinajstić information content (AvgIpc) is 2.16. The van der Waals surface area contributed by atoms with Gasteiger partial charge < -0.3 is 10.5 Å². The molecule has 78 valence electrons. The second-order valence-corrected chi connectivity index (χ2v) is 3.93. The molecule has 0 aromatic heterocycles. The fraction of sp³-hybridized carbons (Fsp3) is 0.500. The van der Waals surface area contributed by atoms with E-state index in [4.69, 9.17) is 4.74 Å². The SMILES string of the molecule is COc1cc(C)c(C[NH3+])cc1C(C)C. The fourth-order valence-corrected chi connectivity index (χ4v) is 1.64. The minimum Gasteiger partial charge on any atom is -0.496 e. The Morgan fingerprint density at radius 2 is 2.00 bits per heavy atom. The minimum atomic E-state index is 0.496. The maximum atomic E-state index is 5.37. The van der Waals surface area contributed by atoms with E-state index in [1.165, 1.54) is 16.7 Å². The molecular weight excluding hydrogens is 174 g/mol. The van der Waals surface area contributed by atoms with Gasteiger partial charge in [-0.2, -0.15) is 0 Å². The number of rotatable bonds is 3. The van der Waals surface area contributed by atoms with E-state index in [0.29, 0.717) is 5.92 Å². The summed E-state index contributed by atoms with van der Waals surface area (Å²) in [6.07, 6.45) is 0. The number of quaternary nitrogens is 1. The molecule has 0 atom stereocenters. The predicted molar refractivity (Wildman–Crippen MR) is 58.4 cm³/mol. The Kier molecular flexibility index (Phi) is 3.53. The molecule has 2 nitrogen and oxygen atoms in total. The van der Waals surface area contributed by atoms with E-state index in [2.05, 4.69) is 38.6 Å². The fourth-order valence-electron chi connectivity index (χ4n) is 1.64. The lowest BCUT2D eigenvalue weighted by atomic mass is 9.96. The van der Waals surface area contributed by atoms with Crippen LogP contribution in [0.25, 0.3) is 0 Å². The number of hydrogen-bond donors (Lipinski definition) is 1. The molecule has 0 amide bonds. The molecular formula is C12H20NO+. The number of aryl methyl sites for hydroxylation is 1. The summed E-state index contributed by atoms with van der Waals surface area (Å²) in [5, 5.41) is 0. The Labute approximate surface area is 86.1 Å². The highest BCUT2D eigenvalue weighted by Crippen LogP contribution is 2.29. The molecule has 0 saturated carbocycles. The molecule has 1 aromatic carbocycles. The third-order valence-corrected chi connectivity index (χ3v) is 2.58. The van der Waals surface area contributed by atoms with Crippen LogP contribution in [0.5, 0.6) is 5.75 Å². The number of methoxy groups -OCH3 is 1. The predicted octanol–water partition coefficient (Wildman–Crippen LogP) is 1.87. The Morgan fingerprint density at radius 3 is 2.43 bits per heavy atom. The summed E-state index contributed by atoms with van der Waals surface area (Å²) in [6.45, 7) is 7.31. The maximum absolute atomic E-state index is 5.37. The molecule has 0 spiro atoms. The van der Waals surface area contributed by atoms with Gasteiger partial charge in [-0.25, -0.2) is 0 Å². The number of benzene rings is 1. The largest absolute Gasteiger partial charge is 0.496 e. The van der Waals surface area contributed by atoms with Crippen LogP contribution in [0.1, 0.15) is 36.5 Å². The molecule has 0 bridgehead atoms. The molecule has 0 saturated heterocycles. The first-order valence-electron chi connectivity index (χ1n) is 5.06. The van der Waals surface area contributed by atoms with Crippen LogP contribution in [0.3, 0.4) is 0 Å². The smallest absolute Gasteiger partial charge is 0.122 e.